The molecule has 2 aromatic carbocycles. The van der Waals surface area contributed by atoms with Crippen molar-refractivity contribution in [2.45, 2.75) is 51.4 Å². The third-order valence-corrected chi connectivity index (χ3v) is 8.95. The zero-order chi connectivity index (χ0) is 30.5. The summed E-state index contributed by atoms with van der Waals surface area (Å²) >= 11 is 0. The Balaban J connectivity index is 1.28. The molecule has 6 rings (SSSR count). The van der Waals surface area contributed by atoms with Crippen LogP contribution >= 0.6 is 0 Å². The number of rotatable bonds is 5. The van der Waals surface area contributed by atoms with Gasteiger partial charge < -0.3 is 14.4 Å². The third-order valence-electron chi connectivity index (χ3n) is 8.95. The fraction of sp³-hybridized carbons (Fsp3) is 0.438. The molecule has 11 heteroatoms. The van der Waals surface area contributed by atoms with Crippen LogP contribution in [0.4, 0.5) is 18.9 Å². The van der Waals surface area contributed by atoms with E-state index in [0.717, 1.165) is 24.2 Å². The lowest BCUT2D eigenvalue weighted by molar-refractivity contribution is -0.138. The summed E-state index contributed by atoms with van der Waals surface area (Å²) in [6, 6.07) is 10.3. The third kappa shape index (κ3) is 5.18. The summed E-state index contributed by atoms with van der Waals surface area (Å²) in [5.74, 6) is 5.77. The van der Waals surface area contributed by atoms with Crippen molar-refractivity contribution >= 4 is 17.5 Å². The van der Waals surface area contributed by atoms with E-state index in [9.17, 15) is 22.8 Å². The molecule has 2 aliphatic heterocycles. The number of anilines is 1. The van der Waals surface area contributed by atoms with Gasteiger partial charge in [0.15, 0.2) is 0 Å². The van der Waals surface area contributed by atoms with Crippen LogP contribution in [0.1, 0.15) is 65.1 Å². The van der Waals surface area contributed by atoms with Crippen LogP contribution in [0.3, 0.4) is 0 Å². The Hall–Kier alpha value is -4.17. The van der Waals surface area contributed by atoms with E-state index < -0.39 is 17.6 Å². The zero-order valence-corrected chi connectivity index (χ0v) is 24.4. The SMILES string of the molecule is CC#CC(=O)N1CCN(Cc2cc3c(c(C(F)(F)F)c2)CN(c2cccc(C4(c5nncn5C)CC(C)C4)c2)C3=O)CC1. The Labute approximate surface area is 248 Å². The van der Waals surface area contributed by atoms with Crippen LogP contribution in [0.15, 0.2) is 42.7 Å². The molecule has 1 saturated carbocycles. The van der Waals surface area contributed by atoms with E-state index in [4.69, 9.17) is 0 Å². The van der Waals surface area contributed by atoms with Gasteiger partial charge in [0.2, 0.25) is 0 Å². The Morgan fingerprint density at radius 3 is 2.49 bits per heavy atom. The van der Waals surface area contributed by atoms with Gasteiger partial charge in [-0.25, -0.2) is 0 Å². The molecule has 0 spiro atoms. The number of benzene rings is 2. The van der Waals surface area contributed by atoms with Gasteiger partial charge in [-0.1, -0.05) is 25.0 Å². The number of carbonyl (C=O) groups excluding carboxylic acids is 2. The number of nitrogens with zero attached hydrogens (tertiary/aromatic N) is 6. The standard InChI is InChI=1S/C32H33F3N6O2/c1-4-6-28(42)40-11-9-39(10-12-40)18-22-13-25-26(27(14-22)32(33,34)35)19-41(29(25)43)24-8-5-7-23(15-24)31(16-21(2)17-31)30-37-36-20-38(30)3/h5,7-8,13-15,20-21H,9-12,16-19H2,1-3H3. The average Bonchev–Trinajstić information content (AvgIpc) is 3.54. The van der Waals surface area contributed by atoms with Crippen LogP contribution in [0.25, 0.3) is 0 Å². The van der Waals surface area contributed by atoms with E-state index in [2.05, 4.69) is 29.0 Å². The summed E-state index contributed by atoms with van der Waals surface area (Å²) in [5, 5.41) is 8.47. The second-order valence-corrected chi connectivity index (χ2v) is 11.9. The van der Waals surface area contributed by atoms with Crippen molar-refractivity contribution in [3.8, 4) is 11.8 Å². The highest BCUT2D eigenvalue weighted by Crippen LogP contribution is 2.52. The van der Waals surface area contributed by atoms with Crippen molar-refractivity contribution in [1.29, 1.82) is 0 Å². The fourth-order valence-electron chi connectivity index (χ4n) is 6.94. The molecule has 0 unspecified atom stereocenters. The van der Waals surface area contributed by atoms with Gasteiger partial charge in [-0.3, -0.25) is 14.5 Å². The minimum absolute atomic E-state index is 0.000454. The van der Waals surface area contributed by atoms with Crippen molar-refractivity contribution in [2.24, 2.45) is 13.0 Å². The van der Waals surface area contributed by atoms with E-state index in [0.29, 0.717) is 43.3 Å². The maximum absolute atomic E-state index is 14.4. The molecule has 0 radical (unpaired) electrons. The Morgan fingerprint density at radius 1 is 1.12 bits per heavy atom. The van der Waals surface area contributed by atoms with E-state index >= 15 is 0 Å². The minimum Gasteiger partial charge on any atom is -0.329 e. The van der Waals surface area contributed by atoms with E-state index in [1.54, 1.807) is 30.3 Å². The summed E-state index contributed by atoms with van der Waals surface area (Å²) in [7, 11) is 1.90. The molecule has 2 fully saturated rings. The molecule has 3 aliphatic rings. The van der Waals surface area contributed by atoms with Gasteiger partial charge in [-0.2, -0.15) is 13.2 Å². The lowest BCUT2D eigenvalue weighted by atomic mass is 9.58. The molecule has 3 heterocycles. The number of carbonyl (C=O) groups is 2. The number of aromatic nitrogens is 3. The van der Waals surface area contributed by atoms with E-state index in [-0.39, 0.29) is 35.5 Å². The highest BCUT2D eigenvalue weighted by molar-refractivity contribution is 6.10. The summed E-state index contributed by atoms with van der Waals surface area (Å²) in [4.78, 5) is 30.9. The van der Waals surface area contributed by atoms with E-state index in [1.165, 1.54) is 11.0 Å². The molecule has 2 amide bonds. The van der Waals surface area contributed by atoms with Crippen molar-refractivity contribution < 1.29 is 22.8 Å². The maximum atomic E-state index is 14.4. The van der Waals surface area contributed by atoms with Gasteiger partial charge in [0.25, 0.3) is 11.8 Å². The molecule has 43 heavy (non-hydrogen) atoms. The van der Waals surface area contributed by atoms with Crippen LogP contribution in [-0.4, -0.2) is 62.6 Å². The Bertz CT molecular complexity index is 1640. The molecule has 224 valence electrons. The number of hydrogen-bond donors (Lipinski definition) is 0. The second-order valence-electron chi connectivity index (χ2n) is 11.9. The van der Waals surface area contributed by atoms with Gasteiger partial charge in [0.05, 0.1) is 17.5 Å². The Morgan fingerprint density at radius 2 is 1.86 bits per heavy atom. The predicted octanol–water partition coefficient (Wildman–Crippen LogP) is 4.38. The van der Waals surface area contributed by atoms with Crippen molar-refractivity contribution in [2.75, 3.05) is 31.1 Å². The molecule has 0 bridgehead atoms. The van der Waals surface area contributed by atoms with Gasteiger partial charge in [0.1, 0.15) is 12.2 Å². The lowest BCUT2D eigenvalue weighted by Gasteiger charge is -2.46. The van der Waals surface area contributed by atoms with E-state index in [1.807, 2.05) is 34.7 Å². The first-order valence-corrected chi connectivity index (χ1v) is 14.4. The summed E-state index contributed by atoms with van der Waals surface area (Å²) in [6.07, 6.45) is -1.21. The first kappa shape index (κ1) is 28.9. The number of fused-ring (bicyclic) bond motifs is 1. The van der Waals surface area contributed by atoms with Gasteiger partial charge in [-0.05, 0) is 72.6 Å². The van der Waals surface area contributed by atoms with Crippen LogP contribution in [0.5, 0.6) is 0 Å². The highest BCUT2D eigenvalue weighted by Gasteiger charge is 2.48. The molecule has 0 atom stereocenters. The maximum Gasteiger partial charge on any atom is 0.416 e. The monoisotopic (exact) mass is 590 g/mol. The first-order valence-electron chi connectivity index (χ1n) is 14.4. The van der Waals surface area contributed by atoms with Gasteiger partial charge in [0, 0.05) is 51.0 Å². The van der Waals surface area contributed by atoms with Crippen molar-refractivity contribution in [3.05, 3.63) is 76.4 Å². The largest absolute Gasteiger partial charge is 0.416 e. The number of amides is 2. The van der Waals surface area contributed by atoms with Crippen LogP contribution < -0.4 is 4.90 Å². The number of hydrogen-bond acceptors (Lipinski definition) is 5. The topological polar surface area (TPSA) is 74.6 Å². The first-order chi connectivity index (χ1) is 20.5. The summed E-state index contributed by atoms with van der Waals surface area (Å²) < 4.78 is 45.0. The molecule has 1 aliphatic carbocycles. The molecule has 3 aromatic rings. The van der Waals surface area contributed by atoms with Crippen LogP contribution in [0.2, 0.25) is 0 Å². The van der Waals surface area contributed by atoms with Crippen molar-refractivity contribution in [1.82, 2.24) is 24.6 Å². The zero-order valence-electron chi connectivity index (χ0n) is 24.4. The van der Waals surface area contributed by atoms with Crippen LogP contribution in [0, 0.1) is 17.8 Å². The summed E-state index contributed by atoms with van der Waals surface area (Å²) in [6.45, 7) is 5.78. The lowest BCUT2D eigenvalue weighted by Crippen LogP contribution is -2.48. The molecule has 8 nitrogen and oxygen atoms in total. The molecular formula is C32H33F3N6O2. The molecule has 1 aromatic heterocycles. The molecular weight excluding hydrogens is 557 g/mol. The fourth-order valence-corrected chi connectivity index (χ4v) is 6.94. The number of piperazine rings is 1. The predicted molar refractivity (Wildman–Crippen MR) is 154 cm³/mol. The quantitative estimate of drug-likeness (QED) is 0.413. The van der Waals surface area contributed by atoms with Crippen LogP contribution in [-0.2, 0) is 36.5 Å². The number of alkyl halides is 3. The van der Waals surface area contributed by atoms with Crippen molar-refractivity contribution in [3.63, 3.8) is 0 Å². The minimum atomic E-state index is -4.61. The summed E-state index contributed by atoms with van der Waals surface area (Å²) in [5.41, 5.74) is 0.907. The Kier molecular flexibility index (Phi) is 7.29. The number of halogens is 3. The second kappa shape index (κ2) is 10.8. The van der Waals surface area contributed by atoms with Gasteiger partial charge in [-0.15, -0.1) is 10.2 Å². The van der Waals surface area contributed by atoms with Gasteiger partial charge >= 0.3 is 6.18 Å². The normalized spacial score (nSPS) is 22.2. The number of aryl methyl sites for hydroxylation is 1. The smallest absolute Gasteiger partial charge is 0.329 e. The highest BCUT2D eigenvalue weighted by atomic mass is 19.4. The molecule has 0 N–H and O–H groups in total. The molecule has 1 saturated heterocycles. The average molecular weight is 591 g/mol.